The molecule has 0 aromatic carbocycles. The Labute approximate surface area is 80.3 Å². The van der Waals surface area contributed by atoms with Gasteiger partial charge in [-0.3, -0.25) is 4.79 Å². The molecule has 0 saturated carbocycles. The van der Waals surface area contributed by atoms with Crippen molar-refractivity contribution in [3.63, 3.8) is 0 Å². The molecule has 0 aliphatic carbocycles. The van der Waals surface area contributed by atoms with Gasteiger partial charge in [0.2, 0.25) is 0 Å². The van der Waals surface area contributed by atoms with Crippen molar-refractivity contribution < 1.29 is 4.79 Å². The number of hydrogen-bond acceptors (Lipinski definition) is 3. The summed E-state index contributed by atoms with van der Waals surface area (Å²) in [4.78, 5) is 12.9. The summed E-state index contributed by atoms with van der Waals surface area (Å²) >= 11 is 0. The highest BCUT2D eigenvalue weighted by molar-refractivity contribution is 5.75. The Morgan fingerprint density at radius 3 is 2.62 bits per heavy atom. The Kier molecular flexibility index (Phi) is 6.17. The molecule has 0 heterocycles. The molecule has 3 heteroatoms. The van der Waals surface area contributed by atoms with E-state index in [1.807, 2.05) is 13.8 Å². The van der Waals surface area contributed by atoms with Gasteiger partial charge in [-0.25, -0.2) is 0 Å². The second kappa shape index (κ2) is 6.62. The number of carbonyl (C=O) groups is 1. The lowest BCUT2D eigenvalue weighted by Crippen LogP contribution is -2.29. The molecule has 0 aromatic heterocycles. The Morgan fingerprint density at radius 1 is 1.62 bits per heavy atom. The standard InChI is InChI=1S/C10H18N2O/c1-4-12(6-5-10(3)13)8-9(2)7-11/h9H,4-6,8H2,1-3H3. The van der Waals surface area contributed by atoms with E-state index in [1.165, 1.54) is 0 Å². The number of nitriles is 1. The average molecular weight is 182 g/mol. The summed E-state index contributed by atoms with van der Waals surface area (Å²) in [5, 5.41) is 8.61. The van der Waals surface area contributed by atoms with E-state index in [-0.39, 0.29) is 11.7 Å². The highest BCUT2D eigenvalue weighted by Crippen LogP contribution is 1.99. The minimum absolute atomic E-state index is 0.0481. The topological polar surface area (TPSA) is 44.1 Å². The number of carbonyl (C=O) groups excluding carboxylic acids is 1. The number of hydrogen-bond donors (Lipinski definition) is 0. The second-order valence-corrected chi connectivity index (χ2v) is 3.38. The molecule has 0 bridgehead atoms. The number of nitrogens with zero attached hydrogens (tertiary/aromatic N) is 2. The maximum Gasteiger partial charge on any atom is 0.131 e. The molecule has 0 rings (SSSR count). The Morgan fingerprint density at radius 2 is 2.23 bits per heavy atom. The van der Waals surface area contributed by atoms with Gasteiger partial charge in [-0.05, 0) is 20.4 Å². The van der Waals surface area contributed by atoms with E-state index in [9.17, 15) is 4.79 Å². The highest BCUT2D eigenvalue weighted by atomic mass is 16.1. The summed E-state index contributed by atoms with van der Waals surface area (Å²) in [6.07, 6.45) is 0.589. The lowest BCUT2D eigenvalue weighted by atomic mass is 10.2. The molecule has 0 spiro atoms. The van der Waals surface area contributed by atoms with Crippen LogP contribution in [-0.4, -0.2) is 30.3 Å². The van der Waals surface area contributed by atoms with Crippen LogP contribution in [0.15, 0.2) is 0 Å². The van der Waals surface area contributed by atoms with Crippen molar-refractivity contribution in [3.8, 4) is 6.07 Å². The number of rotatable bonds is 6. The number of Topliss-reactive ketones (excluding diaryl/α,β-unsaturated/α-hetero) is 1. The molecule has 13 heavy (non-hydrogen) atoms. The van der Waals surface area contributed by atoms with Crippen molar-refractivity contribution in [2.45, 2.75) is 27.2 Å². The fourth-order valence-electron chi connectivity index (χ4n) is 1.12. The maximum absolute atomic E-state index is 10.7. The zero-order valence-corrected chi connectivity index (χ0v) is 8.71. The molecule has 3 nitrogen and oxygen atoms in total. The SMILES string of the molecule is CCN(CCC(C)=O)CC(C)C#N. The van der Waals surface area contributed by atoms with Gasteiger partial charge in [-0.15, -0.1) is 0 Å². The molecule has 0 N–H and O–H groups in total. The van der Waals surface area contributed by atoms with Crippen molar-refractivity contribution in [1.29, 1.82) is 5.26 Å². The van der Waals surface area contributed by atoms with Crippen LogP contribution >= 0.6 is 0 Å². The molecule has 0 aromatic rings. The van der Waals surface area contributed by atoms with E-state index in [0.29, 0.717) is 6.42 Å². The molecule has 0 aliphatic heterocycles. The lowest BCUT2D eigenvalue weighted by molar-refractivity contribution is -0.117. The van der Waals surface area contributed by atoms with Gasteiger partial charge < -0.3 is 4.90 Å². The van der Waals surface area contributed by atoms with Gasteiger partial charge in [0, 0.05) is 19.5 Å². The third-order valence-corrected chi connectivity index (χ3v) is 1.98. The van der Waals surface area contributed by atoms with Gasteiger partial charge in [0.15, 0.2) is 0 Å². The van der Waals surface area contributed by atoms with Crippen molar-refractivity contribution in [3.05, 3.63) is 0 Å². The highest BCUT2D eigenvalue weighted by Gasteiger charge is 2.07. The average Bonchev–Trinajstić information content (AvgIpc) is 2.11. The molecule has 0 aliphatic rings. The molecule has 1 atom stereocenters. The van der Waals surface area contributed by atoms with E-state index in [0.717, 1.165) is 19.6 Å². The van der Waals surface area contributed by atoms with Crippen LogP contribution in [0.4, 0.5) is 0 Å². The van der Waals surface area contributed by atoms with Crippen molar-refractivity contribution >= 4 is 5.78 Å². The van der Waals surface area contributed by atoms with E-state index in [1.54, 1.807) is 6.92 Å². The normalized spacial score (nSPS) is 12.5. The zero-order valence-electron chi connectivity index (χ0n) is 8.71. The summed E-state index contributed by atoms with van der Waals surface area (Å²) in [7, 11) is 0. The summed E-state index contributed by atoms with van der Waals surface area (Å²) in [6, 6.07) is 2.19. The quantitative estimate of drug-likeness (QED) is 0.624. The fraction of sp³-hybridized carbons (Fsp3) is 0.800. The van der Waals surface area contributed by atoms with Crippen LogP contribution in [0.2, 0.25) is 0 Å². The second-order valence-electron chi connectivity index (χ2n) is 3.38. The molecule has 0 amide bonds. The summed E-state index contributed by atoms with van der Waals surface area (Å²) < 4.78 is 0. The third kappa shape index (κ3) is 6.30. The van der Waals surface area contributed by atoms with E-state index >= 15 is 0 Å². The minimum Gasteiger partial charge on any atom is -0.302 e. The molecule has 74 valence electrons. The largest absolute Gasteiger partial charge is 0.302 e. The first kappa shape index (κ1) is 12.1. The Hall–Kier alpha value is -0.880. The monoisotopic (exact) mass is 182 g/mol. The summed E-state index contributed by atoms with van der Waals surface area (Å²) in [5.74, 6) is 0.259. The van der Waals surface area contributed by atoms with Gasteiger partial charge in [0.1, 0.15) is 5.78 Å². The van der Waals surface area contributed by atoms with Crippen molar-refractivity contribution in [2.75, 3.05) is 19.6 Å². The maximum atomic E-state index is 10.7. The third-order valence-electron chi connectivity index (χ3n) is 1.98. The van der Waals surface area contributed by atoms with E-state index < -0.39 is 0 Å². The minimum atomic E-state index is 0.0481. The Balaban J connectivity index is 3.77. The smallest absolute Gasteiger partial charge is 0.131 e. The van der Waals surface area contributed by atoms with Crippen LogP contribution in [0.25, 0.3) is 0 Å². The van der Waals surface area contributed by atoms with Crippen molar-refractivity contribution in [2.24, 2.45) is 5.92 Å². The van der Waals surface area contributed by atoms with E-state index in [4.69, 9.17) is 5.26 Å². The first-order valence-electron chi connectivity index (χ1n) is 4.71. The first-order chi connectivity index (χ1) is 6.10. The van der Waals surface area contributed by atoms with Gasteiger partial charge >= 0.3 is 0 Å². The van der Waals surface area contributed by atoms with Crippen LogP contribution in [0.1, 0.15) is 27.2 Å². The van der Waals surface area contributed by atoms with Crippen LogP contribution in [0, 0.1) is 17.2 Å². The summed E-state index contributed by atoms with van der Waals surface area (Å²) in [5.41, 5.74) is 0. The van der Waals surface area contributed by atoms with Crippen LogP contribution in [0.5, 0.6) is 0 Å². The molecular weight excluding hydrogens is 164 g/mol. The first-order valence-corrected chi connectivity index (χ1v) is 4.71. The van der Waals surface area contributed by atoms with Crippen LogP contribution in [0.3, 0.4) is 0 Å². The van der Waals surface area contributed by atoms with Gasteiger partial charge in [-0.1, -0.05) is 6.92 Å². The molecule has 1 unspecified atom stereocenters. The predicted molar refractivity (Wildman–Crippen MR) is 52.2 cm³/mol. The molecule has 0 fully saturated rings. The van der Waals surface area contributed by atoms with Crippen LogP contribution in [-0.2, 0) is 4.79 Å². The zero-order chi connectivity index (χ0) is 10.3. The van der Waals surface area contributed by atoms with Crippen LogP contribution < -0.4 is 0 Å². The van der Waals surface area contributed by atoms with Gasteiger partial charge in [-0.2, -0.15) is 5.26 Å². The molecular formula is C10H18N2O. The molecule has 0 saturated heterocycles. The predicted octanol–water partition coefficient (Wildman–Crippen LogP) is 1.45. The summed E-state index contributed by atoms with van der Waals surface area (Å²) in [6.45, 7) is 7.99. The van der Waals surface area contributed by atoms with E-state index in [2.05, 4.69) is 11.0 Å². The number of ketones is 1. The molecule has 0 radical (unpaired) electrons. The van der Waals surface area contributed by atoms with Crippen molar-refractivity contribution in [1.82, 2.24) is 4.90 Å². The fourth-order valence-corrected chi connectivity index (χ4v) is 1.12. The Bertz CT molecular complexity index is 196. The lowest BCUT2D eigenvalue weighted by Gasteiger charge is -2.20. The van der Waals surface area contributed by atoms with Gasteiger partial charge in [0.05, 0.1) is 12.0 Å². The van der Waals surface area contributed by atoms with Gasteiger partial charge in [0.25, 0.3) is 0 Å².